The average Bonchev–Trinajstić information content (AvgIpc) is 3.37. The van der Waals surface area contributed by atoms with Gasteiger partial charge in [-0.2, -0.15) is 5.10 Å². The van der Waals surface area contributed by atoms with Crippen molar-refractivity contribution in [3.63, 3.8) is 0 Å². The number of amides is 2. The highest BCUT2D eigenvalue weighted by Gasteiger charge is 2.20. The first-order valence-electron chi connectivity index (χ1n) is 13.8. The predicted octanol–water partition coefficient (Wildman–Crippen LogP) is 4.60. The molecule has 1 unspecified atom stereocenters. The third-order valence-corrected chi connectivity index (χ3v) is 6.71. The molecule has 0 aliphatic rings. The Morgan fingerprint density at radius 3 is 2.27 bits per heavy atom. The maximum Gasteiger partial charge on any atom is 0.244 e. The van der Waals surface area contributed by atoms with Gasteiger partial charge in [0.05, 0.1) is 17.4 Å². The number of benzene rings is 2. The van der Waals surface area contributed by atoms with Gasteiger partial charge in [-0.3, -0.25) is 19.9 Å². The van der Waals surface area contributed by atoms with Crippen LogP contribution in [0, 0.1) is 0 Å². The number of nitrogens with zero attached hydrogens (tertiary/aromatic N) is 3. The molecule has 1 atom stereocenters. The van der Waals surface area contributed by atoms with Crippen LogP contribution in [0.4, 0.5) is 5.82 Å². The number of imide groups is 1. The van der Waals surface area contributed by atoms with Crippen LogP contribution in [0.1, 0.15) is 45.2 Å². The van der Waals surface area contributed by atoms with Crippen molar-refractivity contribution in [3.05, 3.63) is 90.3 Å². The van der Waals surface area contributed by atoms with E-state index in [1.165, 1.54) is 12.5 Å². The first-order valence-corrected chi connectivity index (χ1v) is 13.8. The Labute approximate surface area is 241 Å². The summed E-state index contributed by atoms with van der Waals surface area (Å²) in [5, 5.41) is 23.6. The number of rotatable bonds is 11. The molecule has 214 valence electrons. The fraction of sp³-hybridized carbons (Fsp3) is 0.312. The van der Waals surface area contributed by atoms with Crippen LogP contribution in [0.15, 0.2) is 79.1 Å². The van der Waals surface area contributed by atoms with Gasteiger partial charge in [0.15, 0.2) is 0 Å². The number of phenolic OH excluding ortho intramolecular Hbond substituents is 1. The van der Waals surface area contributed by atoms with Crippen LogP contribution in [-0.4, -0.2) is 50.8 Å². The summed E-state index contributed by atoms with van der Waals surface area (Å²) in [6, 6.07) is 20.4. The van der Waals surface area contributed by atoms with E-state index in [4.69, 9.17) is 5.10 Å². The van der Waals surface area contributed by atoms with E-state index >= 15 is 0 Å². The summed E-state index contributed by atoms with van der Waals surface area (Å²) in [6.45, 7) is 9.08. The lowest BCUT2D eigenvalue weighted by molar-refractivity contribution is -0.130. The Hall–Kier alpha value is -4.50. The van der Waals surface area contributed by atoms with Crippen molar-refractivity contribution < 1.29 is 14.7 Å². The molecule has 0 saturated heterocycles. The highest BCUT2D eigenvalue weighted by molar-refractivity contribution is 5.96. The molecule has 0 saturated carbocycles. The topological polar surface area (TPSA) is 121 Å². The zero-order valence-corrected chi connectivity index (χ0v) is 24.0. The third kappa shape index (κ3) is 8.25. The highest BCUT2D eigenvalue weighted by atomic mass is 16.3. The van der Waals surface area contributed by atoms with Crippen LogP contribution < -0.4 is 16.0 Å². The summed E-state index contributed by atoms with van der Waals surface area (Å²) in [5.41, 5.74) is 4.95. The van der Waals surface area contributed by atoms with E-state index in [1.807, 2.05) is 22.9 Å². The number of carbonyl (C=O) groups is 2. The third-order valence-electron chi connectivity index (χ3n) is 6.71. The zero-order chi connectivity index (χ0) is 29.4. The van der Waals surface area contributed by atoms with Gasteiger partial charge >= 0.3 is 0 Å². The molecule has 9 heteroatoms. The first kappa shape index (κ1) is 29.5. The van der Waals surface area contributed by atoms with E-state index in [9.17, 15) is 14.7 Å². The van der Waals surface area contributed by atoms with Crippen LogP contribution in [-0.2, 0) is 21.4 Å². The van der Waals surface area contributed by atoms with Crippen LogP contribution in [0.2, 0.25) is 0 Å². The molecule has 4 N–H and O–H groups in total. The molecule has 2 amide bonds. The monoisotopic (exact) mass is 554 g/mol. The molecule has 2 aromatic carbocycles. The largest absolute Gasteiger partial charge is 0.508 e. The van der Waals surface area contributed by atoms with Crippen molar-refractivity contribution in [1.82, 2.24) is 25.4 Å². The van der Waals surface area contributed by atoms with E-state index in [-0.39, 0.29) is 17.1 Å². The maximum atomic E-state index is 12.7. The Morgan fingerprint density at radius 1 is 0.951 bits per heavy atom. The summed E-state index contributed by atoms with van der Waals surface area (Å²) in [6.07, 6.45) is 4.61. The highest BCUT2D eigenvalue weighted by Crippen LogP contribution is 2.27. The van der Waals surface area contributed by atoms with Crippen LogP contribution in [0.5, 0.6) is 5.75 Å². The van der Waals surface area contributed by atoms with Gasteiger partial charge in [-0.1, -0.05) is 45.0 Å². The SMILES string of the molecule is CC(=O)NC(=O)C(Cc1ccc(O)cc1)NCCCNc1cc(-c2ccncc2)nn1-c1ccc(C(C)(C)C)cc1. The zero-order valence-electron chi connectivity index (χ0n) is 24.0. The second-order valence-electron chi connectivity index (χ2n) is 11.1. The molecule has 9 nitrogen and oxygen atoms in total. The maximum absolute atomic E-state index is 12.7. The number of aromatic hydroxyl groups is 1. The van der Waals surface area contributed by atoms with E-state index in [1.54, 1.807) is 36.7 Å². The predicted molar refractivity (Wildman–Crippen MR) is 161 cm³/mol. The standard InChI is InChI=1S/C32H38N6O3/c1-22(39)36-31(41)29(20-23-6-12-27(40)13-7-23)34-16-5-17-35-30-21-28(24-14-18-33-19-15-24)37-38(30)26-10-8-25(9-11-26)32(2,3)4/h6-15,18-19,21,29,34-35,40H,5,16-17,20H2,1-4H3,(H,36,39,41). The number of anilines is 1. The molecular formula is C32H38N6O3. The molecule has 41 heavy (non-hydrogen) atoms. The lowest BCUT2D eigenvalue weighted by Crippen LogP contribution is -2.47. The van der Waals surface area contributed by atoms with Crippen LogP contribution in [0.3, 0.4) is 0 Å². The second-order valence-corrected chi connectivity index (χ2v) is 11.1. The molecule has 2 heterocycles. The van der Waals surface area contributed by atoms with Gasteiger partial charge in [-0.25, -0.2) is 4.68 Å². The number of aromatic nitrogens is 3. The Morgan fingerprint density at radius 2 is 1.63 bits per heavy atom. The number of carbonyl (C=O) groups excluding carboxylic acids is 2. The summed E-state index contributed by atoms with van der Waals surface area (Å²) in [5.74, 6) is 0.240. The molecule has 0 aliphatic heterocycles. The fourth-order valence-electron chi connectivity index (χ4n) is 4.44. The van der Waals surface area contributed by atoms with Gasteiger partial charge in [0.25, 0.3) is 0 Å². The first-order chi connectivity index (χ1) is 19.6. The van der Waals surface area contributed by atoms with Crippen molar-refractivity contribution in [3.8, 4) is 22.7 Å². The lowest BCUT2D eigenvalue weighted by atomic mass is 9.87. The summed E-state index contributed by atoms with van der Waals surface area (Å²) in [7, 11) is 0. The summed E-state index contributed by atoms with van der Waals surface area (Å²) < 4.78 is 1.91. The molecule has 4 rings (SSSR count). The fourth-order valence-corrected chi connectivity index (χ4v) is 4.44. The number of nitrogens with one attached hydrogen (secondary N) is 3. The number of hydrogen-bond acceptors (Lipinski definition) is 7. The van der Waals surface area contributed by atoms with Gasteiger partial charge in [-0.05, 0) is 72.3 Å². The lowest BCUT2D eigenvalue weighted by Gasteiger charge is -2.19. The van der Waals surface area contributed by atoms with Gasteiger partial charge in [-0.15, -0.1) is 0 Å². The normalized spacial score (nSPS) is 12.1. The molecule has 0 fully saturated rings. The van der Waals surface area contributed by atoms with E-state index < -0.39 is 11.9 Å². The van der Waals surface area contributed by atoms with Crippen molar-refractivity contribution in [2.75, 3.05) is 18.4 Å². The molecule has 0 spiro atoms. The molecule has 2 aromatic heterocycles. The molecule has 0 aliphatic carbocycles. The van der Waals surface area contributed by atoms with Crippen molar-refractivity contribution in [2.24, 2.45) is 0 Å². The van der Waals surface area contributed by atoms with Crippen molar-refractivity contribution >= 4 is 17.6 Å². The Bertz CT molecular complexity index is 1440. The minimum Gasteiger partial charge on any atom is -0.508 e. The van der Waals surface area contributed by atoms with Crippen molar-refractivity contribution in [2.45, 2.75) is 52.0 Å². The smallest absolute Gasteiger partial charge is 0.244 e. The van der Waals surface area contributed by atoms with Crippen molar-refractivity contribution in [1.29, 1.82) is 0 Å². The second kappa shape index (κ2) is 13.2. The Kier molecular flexibility index (Phi) is 9.52. The number of phenols is 1. The quantitative estimate of drug-likeness (QED) is 0.200. The molecule has 4 aromatic rings. The van der Waals surface area contributed by atoms with Crippen LogP contribution in [0.25, 0.3) is 16.9 Å². The van der Waals surface area contributed by atoms with E-state index in [0.29, 0.717) is 19.5 Å². The van der Waals surface area contributed by atoms with Gasteiger partial charge in [0.2, 0.25) is 11.8 Å². The number of pyridine rings is 1. The van der Waals surface area contributed by atoms with Gasteiger partial charge < -0.3 is 15.7 Å². The minimum atomic E-state index is -0.589. The van der Waals surface area contributed by atoms with Gasteiger partial charge in [0, 0.05) is 37.5 Å². The number of hydrogen-bond donors (Lipinski definition) is 4. The minimum absolute atomic E-state index is 0.0559. The Balaban J connectivity index is 1.43. The molecular weight excluding hydrogens is 516 g/mol. The average molecular weight is 555 g/mol. The molecule has 0 radical (unpaired) electrons. The summed E-state index contributed by atoms with van der Waals surface area (Å²) >= 11 is 0. The van der Waals surface area contributed by atoms with E-state index in [2.05, 4.69) is 66.0 Å². The van der Waals surface area contributed by atoms with E-state index in [0.717, 1.165) is 34.7 Å². The van der Waals surface area contributed by atoms with Gasteiger partial charge in [0.1, 0.15) is 11.6 Å². The summed E-state index contributed by atoms with van der Waals surface area (Å²) in [4.78, 5) is 28.3. The molecule has 0 bridgehead atoms. The van der Waals surface area contributed by atoms with Crippen LogP contribution >= 0.6 is 0 Å².